The second-order valence-electron chi connectivity index (χ2n) is 5.88. The first-order chi connectivity index (χ1) is 10.7. The van der Waals surface area contributed by atoms with E-state index in [0.717, 1.165) is 24.0 Å². The molecule has 0 bridgehead atoms. The highest BCUT2D eigenvalue weighted by Gasteiger charge is 2.51. The SMILES string of the molecule is C[C@H](NC(=O)C1(c2ccccc2)CC1)c1ccc(C#N)cc1. The molecule has 1 saturated carbocycles. The zero-order valence-corrected chi connectivity index (χ0v) is 12.5. The average molecular weight is 290 g/mol. The topological polar surface area (TPSA) is 52.9 Å². The molecule has 3 nitrogen and oxygen atoms in total. The number of carbonyl (C=O) groups is 1. The van der Waals surface area contributed by atoms with E-state index >= 15 is 0 Å². The first kappa shape index (κ1) is 14.3. The van der Waals surface area contributed by atoms with Gasteiger partial charge in [-0.25, -0.2) is 0 Å². The molecule has 0 heterocycles. The summed E-state index contributed by atoms with van der Waals surface area (Å²) in [5.74, 6) is 0.0931. The van der Waals surface area contributed by atoms with Crippen LogP contribution in [-0.2, 0) is 10.2 Å². The third-order valence-corrected chi connectivity index (χ3v) is 4.40. The normalized spacial score (nSPS) is 16.4. The fourth-order valence-corrected chi connectivity index (χ4v) is 2.79. The molecule has 0 radical (unpaired) electrons. The molecule has 1 amide bonds. The van der Waals surface area contributed by atoms with Crippen molar-refractivity contribution < 1.29 is 4.79 Å². The van der Waals surface area contributed by atoms with Gasteiger partial charge in [-0.15, -0.1) is 0 Å². The number of rotatable bonds is 4. The summed E-state index contributed by atoms with van der Waals surface area (Å²) in [5, 5.41) is 11.9. The number of nitriles is 1. The van der Waals surface area contributed by atoms with Crippen LogP contribution >= 0.6 is 0 Å². The lowest BCUT2D eigenvalue weighted by Gasteiger charge is -2.20. The number of nitrogens with one attached hydrogen (secondary N) is 1. The van der Waals surface area contributed by atoms with E-state index in [9.17, 15) is 4.79 Å². The molecule has 1 aliphatic rings. The van der Waals surface area contributed by atoms with Crippen LogP contribution in [0.2, 0.25) is 0 Å². The van der Waals surface area contributed by atoms with E-state index in [2.05, 4.69) is 11.4 Å². The molecule has 1 aliphatic carbocycles. The molecular weight excluding hydrogens is 272 g/mol. The molecule has 3 rings (SSSR count). The van der Waals surface area contributed by atoms with Crippen molar-refractivity contribution in [2.75, 3.05) is 0 Å². The fraction of sp³-hybridized carbons (Fsp3) is 0.263. The minimum Gasteiger partial charge on any atom is -0.349 e. The molecular formula is C19H18N2O. The fourth-order valence-electron chi connectivity index (χ4n) is 2.79. The van der Waals surface area contributed by atoms with Gasteiger partial charge in [-0.2, -0.15) is 5.26 Å². The highest BCUT2D eigenvalue weighted by molar-refractivity contribution is 5.91. The molecule has 22 heavy (non-hydrogen) atoms. The quantitative estimate of drug-likeness (QED) is 0.937. The highest BCUT2D eigenvalue weighted by atomic mass is 16.2. The third-order valence-electron chi connectivity index (χ3n) is 4.40. The maximum absolute atomic E-state index is 12.7. The molecule has 2 aromatic carbocycles. The summed E-state index contributed by atoms with van der Waals surface area (Å²) in [6.45, 7) is 1.97. The molecule has 0 saturated heterocycles. The number of carbonyl (C=O) groups excluding carboxylic acids is 1. The smallest absolute Gasteiger partial charge is 0.231 e. The molecule has 0 aliphatic heterocycles. The lowest BCUT2D eigenvalue weighted by atomic mass is 9.94. The van der Waals surface area contributed by atoms with Crippen LogP contribution in [-0.4, -0.2) is 5.91 Å². The summed E-state index contributed by atoms with van der Waals surface area (Å²) in [7, 11) is 0. The van der Waals surface area contributed by atoms with Gasteiger partial charge in [0.2, 0.25) is 5.91 Å². The van der Waals surface area contributed by atoms with Crippen molar-refractivity contribution in [3.63, 3.8) is 0 Å². The lowest BCUT2D eigenvalue weighted by molar-refractivity contribution is -0.124. The van der Waals surface area contributed by atoms with Gasteiger partial charge < -0.3 is 5.32 Å². The van der Waals surface area contributed by atoms with Gasteiger partial charge in [0.25, 0.3) is 0 Å². The summed E-state index contributed by atoms with van der Waals surface area (Å²) in [4.78, 5) is 12.7. The minimum absolute atomic E-state index is 0.0681. The summed E-state index contributed by atoms with van der Waals surface area (Å²) in [5.41, 5.74) is 2.39. The Labute approximate surface area is 130 Å². The summed E-state index contributed by atoms with van der Waals surface area (Å²) >= 11 is 0. The number of hydrogen-bond donors (Lipinski definition) is 1. The van der Waals surface area contributed by atoms with Gasteiger partial charge in [-0.05, 0) is 43.0 Å². The van der Waals surface area contributed by atoms with E-state index in [1.165, 1.54) is 0 Å². The predicted molar refractivity (Wildman–Crippen MR) is 85.1 cm³/mol. The minimum atomic E-state index is -0.345. The van der Waals surface area contributed by atoms with Crippen molar-refractivity contribution in [1.82, 2.24) is 5.32 Å². The predicted octanol–water partition coefficient (Wildman–Crippen LogP) is 3.47. The molecule has 0 unspecified atom stereocenters. The van der Waals surface area contributed by atoms with Crippen LogP contribution in [0.1, 0.15) is 42.5 Å². The zero-order chi connectivity index (χ0) is 15.6. The molecule has 2 aromatic rings. The molecule has 1 fully saturated rings. The van der Waals surface area contributed by atoms with Gasteiger partial charge in [0.05, 0.1) is 23.1 Å². The van der Waals surface area contributed by atoms with Crippen LogP contribution < -0.4 is 5.32 Å². The summed E-state index contributed by atoms with van der Waals surface area (Å²) in [6.07, 6.45) is 1.81. The number of hydrogen-bond acceptors (Lipinski definition) is 2. The van der Waals surface area contributed by atoms with Crippen molar-refractivity contribution in [1.29, 1.82) is 5.26 Å². The van der Waals surface area contributed by atoms with Crippen molar-refractivity contribution in [3.05, 3.63) is 71.3 Å². The number of amides is 1. The Kier molecular flexibility index (Phi) is 3.68. The van der Waals surface area contributed by atoms with E-state index in [4.69, 9.17) is 5.26 Å². The van der Waals surface area contributed by atoms with E-state index in [1.54, 1.807) is 12.1 Å². The maximum atomic E-state index is 12.7. The first-order valence-electron chi connectivity index (χ1n) is 7.52. The van der Waals surface area contributed by atoms with E-state index in [0.29, 0.717) is 5.56 Å². The van der Waals surface area contributed by atoms with Gasteiger partial charge in [0, 0.05) is 0 Å². The van der Waals surface area contributed by atoms with E-state index < -0.39 is 0 Å². The van der Waals surface area contributed by atoms with E-state index in [1.807, 2.05) is 49.4 Å². The van der Waals surface area contributed by atoms with Gasteiger partial charge in [-0.3, -0.25) is 4.79 Å². The maximum Gasteiger partial charge on any atom is 0.231 e. The monoisotopic (exact) mass is 290 g/mol. The Morgan fingerprint density at radius 1 is 1.14 bits per heavy atom. The summed E-state index contributed by atoms with van der Waals surface area (Å²) in [6, 6.07) is 19.4. The van der Waals surface area contributed by atoms with Crippen molar-refractivity contribution >= 4 is 5.91 Å². The highest BCUT2D eigenvalue weighted by Crippen LogP contribution is 2.48. The van der Waals surface area contributed by atoms with Gasteiger partial charge >= 0.3 is 0 Å². The van der Waals surface area contributed by atoms with Crippen LogP contribution in [0.3, 0.4) is 0 Å². The molecule has 1 atom stereocenters. The van der Waals surface area contributed by atoms with Crippen molar-refractivity contribution in [2.24, 2.45) is 0 Å². The van der Waals surface area contributed by atoms with Crippen molar-refractivity contribution in [3.8, 4) is 6.07 Å². The Bertz CT molecular complexity index is 709. The molecule has 3 heteroatoms. The van der Waals surface area contributed by atoms with Gasteiger partial charge in [0.1, 0.15) is 0 Å². The number of nitrogens with zero attached hydrogens (tertiary/aromatic N) is 1. The van der Waals surface area contributed by atoms with Gasteiger partial charge in [-0.1, -0.05) is 42.5 Å². The molecule has 1 N–H and O–H groups in total. The third kappa shape index (κ3) is 2.60. The van der Waals surface area contributed by atoms with Crippen LogP contribution in [0.25, 0.3) is 0 Å². The van der Waals surface area contributed by atoms with Crippen LogP contribution in [0.4, 0.5) is 0 Å². The lowest BCUT2D eigenvalue weighted by Crippen LogP contribution is -2.36. The van der Waals surface area contributed by atoms with Crippen molar-refractivity contribution in [2.45, 2.75) is 31.2 Å². The Hall–Kier alpha value is -2.60. The van der Waals surface area contributed by atoms with Crippen LogP contribution in [0, 0.1) is 11.3 Å². The first-order valence-corrected chi connectivity index (χ1v) is 7.52. The Balaban J connectivity index is 1.73. The standard InChI is InChI=1S/C19H18N2O/c1-14(16-9-7-15(13-20)8-10-16)21-18(22)19(11-12-19)17-5-3-2-4-6-17/h2-10,14H,11-12H2,1H3,(H,21,22)/t14-/m0/s1. The van der Waals surface area contributed by atoms with Crippen LogP contribution in [0.5, 0.6) is 0 Å². The average Bonchev–Trinajstić information content (AvgIpc) is 3.37. The van der Waals surface area contributed by atoms with Gasteiger partial charge in [0.15, 0.2) is 0 Å². The summed E-state index contributed by atoms with van der Waals surface area (Å²) < 4.78 is 0. The van der Waals surface area contributed by atoms with E-state index in [-0.39, 0.29) is 17.4 Å². The molecule has 0 aromatic heterocycles. The Morgan fingerprint density at radius 2 is 1.77 bits per heavy atom. The number of benzene rings is 2. The molecule has 110 valence electrons. The second kappa shape index (κ2) is 5.65. The molecule has 0 spiro atoms. The van der Waals surface area contributed by atoms with Crippen LogP contribution in [0.15, 0.2) is 54.6 Å². The second-order valence-corrected chi connectivity index (χ2v) is 5.88. The largest absolute Gasteiger partial charge is 0.349 e. The zero-order valence-electron chi connectivity index (χ0n) is 12.5. The Morgan fingerprint density at radius 3 is 2.32 bits per heavy atom.